The number of phosphoric acid groups is 1. The fourth-order valence-electron chi connectivity index (χ4n) is 9.95. The number of likely N-dealkylation sites (N-methyl/N-ethyl adjacent to an activating group) is 1. The molecule has 0 aliphatic carbocycles. The Balaban J connectivity index is 4.10. The van der Waals surface area contributed by atoms with Crippen LogP contribution < -0.4 is 0 Å². The molecule has 0 aromatic heterocycles. The molecular formula is C78H137NO8P+. The second-order valence-corrected chi connectivity index (χ2v) is 26.7. The van der Waals surface area contributed by atoms with E-state index in [1.54, 1.807) is 0 Å². The Hall–Kier alpha value is -3.59. The molecule has 0 saturated carbocycles. The lowest BCUT2D eigenvalue weighted by atomic mass is 10.0. The topological polar surface area (TPSA) is 108 Å². The minimum absolute atomic E-state index is 0.0247. The van der Waals surface area contributed by atoms with Crippen LogP contribution in [0.2, 0.25) is 0 Å². The van der Waals surface area contributed by atoms with Crippen LogP contribution in [-0.4, -0.2) is 74.9 Å². The lowest BCUT2D eigenvalue weighted by Crippen LogP contribution is -2.37. The average molecular weight is 1250 g/mol. The van der Waals surface area contributed by atoms with E-state index < -0.39 is 26.5 Å². The molecule has 0 fully saturated rings. The first-order valence-corrected chi connectivity index (χ1v) is 37.8. The summed E-state index contributed by atoms with van der Waals surface area (Å²) in [7, 11) is 1.46. The van der Waals surface area contributed by atoms with Crippen molar-refractivity contribution in [2.75, 3.05) is 47.5 Å². The third-order valence-electron chi connectivity index (χ3n) is 15.5. The summed E-state index contributed by atoms with van der Waals surface area (Å²) in [5.74, 6) is -0.806. The highest BCUT2D eigenvalue weighted by Gasteiger charge is 2.27. The molecule has 0 aliphatic rings. The van der Waals surface area contributed by atoms with Crippen LogP contribution in [0, 0.1) is 0 Å². The molecule has 0 aromatic rings. The molecular weight excluding hydrogens is 1110 g/mol. The number of esters is 2. The molecule has 506 valence electrons. The minimum Gasteiger partial charge on any atom is -0.462 e. The Bertz CT molecular complexity index is 1900. The third kappa shape index (κ3) is 71.5. The molecule has 2 unspecified atom stereocenters. The van der Waals surface area contributed by atoms with Crippen molar-refractivity contribution < 1.29 is 42.1 Å². The number of quaternary nitrogens is 1. The number of phosphoric ester groups is 1. The van der Waals surface area contributed by atoms with E-state index in [2.05, 4.69) is 135 Å². The van der Waals surface area contributed by atoms with Gasteiger partial charge in [-0.05, 0) is 109 Å². The van der Waals surface area contributed by atoms with Gasteiger partial charge in [-0.1, -0.05) is 309 Å². The number of rotatable bonds is 66. The lowest BCUT2D eigenvalue weighted by Gasteiger charge is -2.24. The number of hydrogen-bond donors (Lipinski definition) is 1. The summed E-state index contributed by atoms with van der Waals surface area (Å²) in [6, 6.07) is 0. The summed E-state index contributed by atoms with van der Waals surface area (Å²) in [6.07, 6.45) is 97.3. The number of carbonyl (C=O) groups is 2. The zero-order valence-corrected chi connectivity index (χ0v) is 58.6. The summed E-state index contributed by atoms with van der Waals surface area (Å²) in [4.78, 5) is 35.9. The molecule has 0 amide bonds. The van der Waals surface area contributed by atoms with Crippen LogP contribution in [0.15, 0.2) is 122 Å². The van der Waals surface area contributed by atoms with Crippen molar-refractivity contribution in [2.45, 2.75) is 315 Å². The summed E-state index contributed by atoms with van der Waals surface area (Å²) >= 11 is 0. The predicted octanol–water partition coefficient (Wildman–Crippen LogP) is 23.8. The van der Waals surface area contributed by atoms with Gasteiger partial charge in [0, 0.05) is 12.8 Å². The quantitative estimate of drug-likeness (QED) is 0.0211. The van der Waals surface area contributed by atoms with E-state index in [4.69, 9.17) is 18.5 Å². The number of unbranched alkanes of at least 4 members (excludes halogenated alkanes) is 32. The van der Waals surface area contributed by atoms with Crippen LogP contribution in [0.5, 0.6) is 0 Å². The minimum atomic E-state index is -4.40. The molecule has 1 N–H and O–H groups in total. The zero-order chi connectivity index (χ0) is 64.1. The molecule has 0 heterocycles. The second-order valence-electron chi connectivity index (χ2n) is 25.2. The van der Waals surface area contributed by atoms with Gasteiger partial charge in [0.05, 0.1) is 27.7 Å². The van der Waals surface area contributed by atoms with Gasteiger partial charge in [0.1, 0.15) is 19.8 Å². The van der Waals surface area contributed by atoms with Crippen molar-refractivity contribution in [1.29, 1.82) is 0 Å². The van der Waals surface area contributed by atoms with Crippen LogP contribution in [-0.2, 0) is 32.7 Å². The highest BCUT2D eigenvalue weighted by atomic mass is 31.2. The van der Waals surface area contributed by atoms with Gasteiger partial charge in [0.2, 0.25) is 0 Å². The molecule has 0 saturated heterocycles. The predicted molar refractivity (Wildman–Crippen MR) is 381 cm³/mol. The normalized spacial score (nSPS) is 13.8. The number of hydrogen-bond acceptors (Lipinski definition) is 7. The van der Waals surface area contributed by atoms with E-state index in [1.165, 1.54) is 173 Å². The van der Waals surface area contributed by atoms with Gasteiger partial charge in [-0.2, -0.15) is 0 Å². The maximum Gasteiger partial charge on any atom is 0.472 e. The van der Waals surface area contributed by atoms with Gasteiger partial charge < -0.3 is 18.9 Å². The van der Waals surface area contributed by atoms with E-state index in [-0.39, 0.29) is 32.0 Å². The third-order valence-corrected chi connectivity index (χ3v) is 16.5. The lowest BCUT2D eigenvalue weighted by molar-refractivity contribution is -0.870. The van der Waals surface area contributed by atoms with Crippen LogP contribution in [0.1, 0.15) is 309 Å². The van der Waals surface area contributed by atoms with Crippen molar-refractivity contribution in [3.05, 3.63) is 122 Å². The molecule has 0 spiro atoms. The van der Waals surface area contributed by atoms with Gasteiger partial charge in [0.15, 0.2) is 6.10 Å². The molecule has 0 bridgehead atoms. The highest BCUT2D eigenvalue weighted by molar-refractivity contribution is 7.47. The first kappa shape index (κ1) is 84.4. The first-order chi connectivity index (χ1) is 43.0. The van der Waals surface area contributed by atoms with Gasteiger partial charge in [0.25, 0.3) is 0 Å². The Morgan fingerprint density at radius 3 is 0.977 bits per heavy atom. The first-order valence-electron chi connectivity index (χ1n) is 36.3. The summed E-state index contributed by atoms with van der Waals surface area (Å²) in [5, 5.41) is 0. The number of nitrogens with zero attached hydrogens (tertiary/aromatic N) is 1. The molecule has 0 rings (SSSR count). The van der Waals surface area contributed by atoms with Gasteiger partial charge >= 0.3 is 19.8 Å². The molecule has 0 radical (unpaired) electrons. The fraction of sp³-hybridized carbons (Fsp3) is 0.718. The summed E-state index contributed by atoms with van der Waals surface area (Å²) in [6.45, 7) is 4.33. The maximum atomic E-state index is 12.9. The second kappa shape index (κ2) is 67.8. The van der Waals surface area contributed by atoms with Crippen molar-refractivity contribution in [2.24, 2.45) is 0 Å². The van der Waals surface area contributed by atoms with Gasteiger partial charge in [-0.15, -0.1) is 0 Å². The molecule has 9 nitrogen and oxygen atoms in total. The summed E-state index contributed by atoms with van der Waals surface area (Å²) in [5.41, 5.74) is 0. The van der Waals surface area contributed by atoms with Crippen LogP contribution in [0.3, 0.4) is 0 Å². The number of allylic oxidation sites excluding steroid dienone is 20. The Morgan fingerprint density at radius 2 is 0.648 bits per heavy atom. The Morgan fingerprint density at radius 1 is 0.364 bits per heavy atom. The number of ether oxygens (including phenoxy) is 2. The van der Waals surface area contributed by atoms with Crippen molar-refractivity contribution in [3.8, 4) is 0 Å². The van der Waals surface area contributed by atoms with E-state index in [0.717, 1.165) is 103 Å². The van der Waals surface area contributed by atoms with Crippen molar-refractivity contribution >= 4 is 19.8 Å². The smallest absolute Gasteiger partial charge is 0.462 e. The van der Waals surface area contributed by atoms with Crippen LogP contribution in [0.4, 0.5) is 0 Å². The van der Waals surface area contributed by atoms with E-state index >= 15 is 0 Å². The number of carbonyl (C=O) groups excluding carboxylic acids is 2. The summed E-state index contributed by atoms with van der Waals surface area (Å²) < 4.78 is 34.7. The average Bonchev–Trinajstić information content (AvgIpc) is 3.57. The van der Waals surface area contributed by atoms with Gasteiger partial charge in [-0.25, -0.2) is 4.57 Å². The standard InChI is InChI=1S/C78H136NO8P/c1-6-8-10-12-14-16-18-20-22-24-26-28-30-32-34-36-37-38-39-40-41-43-45-47-49-51-53-55-57-59-61-63-65-67-69-71-78(81)87-76(75-86-88(82,83)85-73-72-79(3,4)5)74-84-77(80)70-68-66-64-62-60-58-56-54-52-50-48-46-44-42-35-33-31-29-27-25-23-21-19-17-15-13-11-9-7-2/h8,10,14,16,20,22,25-28,32,34,37-38,40-41,45,47,51,53,76H,6-7,9,11-13,15,17-19,21,23-24,29-31,33,35-36,39,42-44,46,48-50,52,54-75H2,1-5H3/p+1/b10-8-,16-14-,22-20-,27-25-,28-26-,34-32-,38-37-,41-40-,47-45-,53-51-. The van der Waals surface area contributed by atoms with E-state index in [9.17, 15) is 19.0 Å². The van der Waals surface area contributed by atoms with Crippen molar-refractivity contribution in [1.82, 2.24) is 0 Å². The molecule has 0 aliphatic heterocycles. The monoisotopic (exact) mass is 1250 g/mol. The Labute approximate surface area is 543 Å². The maximum absolute atomic E-state index is 12.9. The molecule has 88 heavy (non-hydrogen) atoms. The van der Waals surface area contributed by atoms with Crippen LogP contribution >= 0.6 is 7.82 Å². The zero-order valence-electron chi connectivity index (χ0n) is 57.7. The molecule has 2 atom stereocenters. The largest absolute Gasteiger partial charge is 0.472 e. The van der Waals surface area contributed by atoms with Crippen molar-refractivity contribution in [3.63, 3.8) is 0 Å². The molecule has 0 aromatic carbocycles. The van der Waals surface area contributed by atoms with Gasteiger partial charge in [-0.3, -0.25) is 18.6 Å². The fourth-order valence-corrected chi connectivity index (χ4v) is 10.7. The van der Waals surface area contributed by atoms with Crippen LogP contribution in [0.25, 0.3) is 0 Å². The van der Waals surface area contributed by atoms with E-state index in [1.807, 2.05) is 21.1 Å². The SMILES string of the molecule is CC/C=C\C/C=C\C/C=C\C/C=C\C/C=C\C/C=C\C/C=C\C/C=C\C/C=C\CCCCCCCCCC(=O)OC(COC(=O)CCCCCCCCCCCCCCCCCCC/C=C\CCCCCCCCCC)COP(=O)(O)OCC[N+](C)(C)C. The molecule has 10 heteroatoms. The Kier molecular flexibility index (Phi) is 65.0. The highest BCUT2D eigenvalue weighted by Crippen LogP contribution is 2.43. The van der Waals surface area contributed by atoms with E-state index in [0.29, 0.717) is 17.4 Å².